The van der Waals surface area contributed by atoms with Gasteiger partial charge in [0.25, 0.3) is 0 Å². The summed E-state index contributed by atoms with van der Waals surface area (Å²) in [6.07, 6.45) is 0.366. The third-order valence-corrected chi connectivity index (χ3v) is 3.55. The second-order valence-electron chi connectivity index (χ2n) is 5.55. The first-order valence-corrected chi connectivity index (χ1v) is 7.44. The molecule has 0 saturated heterocycles. The molecule has 0 aliphatic carbocycles. The van der Waals surface area contributed by atoms with Crippen LogP contribution in [-0.4, -0.2) is 23.8 Å². The molecule has 118 valence electrons. The fraction of sp³-hybridized carbons (Fsp3) is 0.333. The highest BCUT2D eigenvalue weighted by Crippen LogP contribution is 2.14. The zero-order valence-electron chi connectivity index (χ0n) is 12.6. The van der Waals surface area contributed by atoms with E-state index in [4.69, 9.17) is 0 Å². The second-order valence-corrected chi connectivity index (χ2v) is 5.55. The van der Waals surface area contributed by atoms with E-state index in [9.17, 15) is 13.9 Å². The molecular formula is C18H21F2NO. The van der Waals surface area contributed by atoms with Crippen LogP contribution in [0.2, 0.25) is 0 Å². The fourth-order valence-corrected chi connectivity index (χ4v) is 2.41. The molecule has 2 nitrogen and oxygen atoms in total. The molecule has 0 amide bonds. The average Bonchev–Trinajstić information content (AvgIpc) is 2.49. The molecule has 0 bridgehead atoms. The van der Waals surface area contributed by atoms with Crippen molar-refractivity contribution in [3.8, 4) is 0 Å². The number of hydrogen-bond donors (Lipinski definition) is 2. The number of halogens is 2. The van der Waals surface area contributed by atoms with Gasteiger partial charge < -0.3 is 10.4 Å². The normalized spacial score (nSPS) is 12.6. The van der Waals surface area contributed by atoms with E-state index in [1.165, 1.54) is 12.1 Å². The van der Waals surface area contributed by atoms with Crippen molar-refractivity contribution in [3.63, 3.8) is 0 Å². The van der Waals surface area contributed by atoms with E-state index in [0.29, 0.717) is 30.5 Å². The topological polar surface area (TPSA) is 32.3 Å². The average molecular weight is 305 g/mol. The van der Waals surface area contributed by atoms with Gasteiger partial charge in [-0.3, -0.25) is 0 Å². The van der Waals surface area contributed by atoms with Crippen molar-refractivity contribution in [1.29, 1.82) is 0 Å². The van der Waals surface area contributed by atoms with Gasteiger partial charge in [-0.25, -0.2) is 8.78 Å². The standard InChI is InChI=1S/C18H21F2NO/c1-13(22)12-21-16(10-14-6-2-4-8-17(14)19)11-15-7-3-5-9-18(15)20/h2-9,13,16,21-22H,10-12H2,1H3. The molecular weight excluding hydrogens is 284 g/mol. The minimum atomic E-state index is -0.510. The predicted octanol–water partition coefficient (Wildman–Crippen LogP) is 3.09. The minimum Gasteiger partial charge on any atom is -0.392 e. The molecule has 2 rings (SSSR count). The van der Waals surface area contributed by atoms with Crippen LogP contribution in [0, 0.1) is 11.6 Å². The molecule has 0 aliphatic rings. The van der Waals surface area contributed by atoms with E-state index in [1.54, 1.807) is 43.3 Å². The minimum absolute atomic E-state index is 0.150. The summed E-state index contributed by atoms with van der Waals surface area (Å²) in [7, 11) is 0. The van der Waals surface area contributed by atoms with Gasteiger partial charge in [-0.1, -0.05) is 36.4 Å². The summed E-state index contributed by atoms with van der Waals surface area (Å²) in [4.78, 5) is 0. The lowest BCUT2D eigenvalue weighted by Gasteiger charge is -2.20. The van der Waals surface area contributed by atoms with Gasteiger partial charge >= 0.3 is 0 Å². The van der Waals surface area contributed by atoms with Crippen molar-refractivity contribution < 1.29 is 13.9 Å². The maximum atomic E-state index is 13.8. The van der Waals surface area contributed by atoms with E-state index >= 15 is 0 Å². The molecule has 0 radical (unpaired) electrons. The van der Waals surface area contributed by atoms with E-state index < -0.39 is 6.10 Å². The molecule has 0 aromatic heterocycles. The first-order chi connectivity index (χ1) is 10.6. The Kier molecular flexibility index (Phi) is 6.04. The number of aliphatic hydroxyl groups excluding tert-OH is 1. The van der Waals surface area contributed by atoms with Crippen LogP contribution in [0.1, 0.15) is 18.1 Å². The van der Waals surface area contributed by atoms with Crippen molar-refractivity contribution in [2.24, 2.45) is 0 Å². The number of rotatable bonds is 7. The highest BCUT2D eigenvalue weighted by atomic mass is 19.1. The molecule has 1 atom stereocenters. The second kappa shape index (κ2) is 8.01. The van der Waals surface area contributed by atoms with Crippen molar-refractivity contribution in [2.75, 3.05) is 6.54 Å². The molecule has 0 aliphatic heterocycles. The van der Waals surface area contributed by atoms with Gasteiger partial charge in [0.2, 0.25) is 0 Å². The Hall–Kier alpha value is -1.78. The highest BCUT2D eigenvalue weighted by Gasteiger charge is 2.15. The zero-order chi connectivity index (χ0) is 15.9. The lowest BCUT2D eigenvalue weighted by atomic mass is 9.98. The van der Waals surface area contributed by atoms with E-state index in [1.807, 2.05) is 0 Å². The third-order valence-electron chi connectivity index (χ3n) is 3.55. The maximum absolute atomic E-state index is 13.8. The zero-order valence-corrected chi connectivity index (χ0v) is 12.6. The Morgan fingerprint density at radius 3 is 1.77 bits per heavy atom. The van der Waals surface area contributed by atoms with Crippen LogP contribution in [-0.2, 0) is 12.8 Å². The maximum Gasteiger partial charge on any atom is 0.126 e. The van der Waals surface area contributed by atoms with Crippen molar-refractivity contribution in [2.45, 2.75) is 31.9 Å². The van der Waals surface area contributed by atoms with E-state index in [0.717, 1.165) is 0 Å². The lowest BCUT2D eigenvalue weighted by molar-refractivity contribution is 0.185. The van der Waals surface area contributed by atoms with Crippen LogP contribution in [0.4, 0.5) is 8.78 Å². The number of benzene rings is 2. The van der Waals surface area contributed by atoms with Gasteiger partial charge in [-0.2, -0.15) is 0 Å². The summed E-state index contributed by atoms with van der Waals surface area (Å²) in [5.41, 5.74) is 1.17. The summed E-state index contributed by atoms with van der Waals surface area (Å²) < 4.78 is 27.6. The van der Waals surface area contributed by atoms with E-state index in [2.05, 4.69) is 5.32 Å². The molecule has 4 heteroatoms. The van der Waals surface area contributed by atoms with Crippen LogP contribution < -0.4 is 5.32 Å². The fourth-order valence-electron chi connectivity index (χ4n) is 2.41. The van der Waals surface area contributed by atoms with Crippen molar-refractivity contribution in [3.05, 3.63) is 71.3 Å². The Bertz CT molecular complexity index is 554. The van der Waals surface area contributed by atoms with Crippen LogP contribution in [0.15, 0.2) is 48.5 Å². The van der Waals surface area contributed by atoms with Crippen LogP contribution in [0.5, 0.6) is 0 Å². The van der Waals surface area contributed by atoms with Crippen molar-refractivity contribution >= 4 is 0 Å². The van der Waals surface area contributed by atoms with Gasteiger partial charge in [0.05, 0.1) is 6.10 Å². The van der Waals surface area contributed by atoms with Gasteiger partial charge in [0, 0.05) is 12.6 Å². The van der Waals surface area contributed by atoms with E-state index in [-0.39, 0.29) is 17.7 Å². The smallest absolute Gasteiger partial charge is 0.126 e. The summed E-state index contributed by atoms with van der Waals surface area (Å²) in [5, 5.41) is 12.6. The van der Waals surface area contributed by atoms with Crippen molar-refractivity contribution in [1.82, 2.24) is 5.32 Å². The molecule has 2 N–H and O–H groups in total. The molecule has 0 saturated carbocycles. The van der Waals surface area contributed by atoms with Gasteiger partial charge in [0.1, 0.15) is 11.6 Å². The van der Waals surface area contributed by atoms with Gasteiger partial charge in [0.15, 0.2) is 0 Å². The molecule has 22 heavy (non-hydrogen) atoms. The SMILES string of the molecule is CC(O)CNC(Cc1ccccc1F)Cc1ccccc1F. The Balaban J connectivity index is 2.12. The lowest BCUT2D eigenvalue weighted by Crippen LogP contribution is -2.38. The third kappa shape index (κ3) is 4.90. The first-order valence-electron chi connectivity index (χ1n) is 7.44. The first kappa shape index (κ1) is 16.6. The van der Waals surface area contributed by atoms with Crippen LogP contribution in [0.25, 0.3) is 0 Å². The summed E-state index contributed by atoms with van der Waals surface area (Å²) >= 11 is 0. The molecule has 1 unspecified atom stereocenters. The Morgan fingerprint density at radius 1 is 0.909 bits per heavy atom. The Labute approximate surface area is 129 Å². The molecule has 2 aromatic carbocycles. The van der Waals surface area contributed by atoms with Gasteiger partial charge in [-0.05, 0) is 43.0 Å². The summed E-state index contributed by atoms with van der Waals surface area (Å²) in [6.45, 7) is 2.06. The monoisotopic (exact) mass is 305 g/mol. The molecule has 0 heterocycles. The van der Waals surface area contributed by atoms with Gasteiger partial charge in [-0.15, -0.1) is 0 Å². The molecule has 0 spiro atoms. The Morgan fingerprint density at radius 2 is 1.36 bits per heavy atom. The van der Waals surface area contributed by atoms with Crippen LogP contribution in [0.3, 0.4) is 0 Å². The molecule has 2 aromatic rings. The number of hydrogen-bond acceptors (Lipinski definition) is 2. The predicted molar refractivity (Wildman–Crippen MR) is 83.7 cm³/mol. The summed E-state index contributed by atoms with van der Waals surface area (Å²) in [5.74, 6) is -0.528. The largest absolute Gasteiger partial charge is 0.392 e. The molecule has 0 fully saturated rings. The van der Waals surface area contributed by atoms with Crippen LogP contribution >= 0.6 is 0 Å². The quantitative estimate of drug-likeness (QED) is 0.824. The number of aliphatic hydroxyl groups is 1. The highest BCUT2D eigenvalue weighted by molar-refractivity contribution is 5.22. The number of nitrogens with one attached hydrogen (secondary N) is 1. The summed E-state index contributed by atoms with van der Waals surface area (Å²) in [6, 6.07) is 13.0.